The van der Waals surface area contributed by atoms with Crippen molar-refractivity contribution in [3.8, 4) is 11.4 Å². The van der Waals surface area contributed by atoms with Gasteiger partial charge in [0.15, 0.2) is 5.82 Å². The number of rotatable bonds is 2. The summed E-state index contributed by atoms with van der Waals surface area (Å²) in [5.41, 5.74) is 2.27. The topological polar surface area (TPSA) is 25.8 Å². The number of aromatic nitrogens is 2. The van der Waals surface area contributed by atoms with E-state index < -0.39 is 0 Å². The summed E-state index contributed by atoms with van der Waals surface area (Å²) in [5, 5.41) is 1.66. The van der Waals surface area contributed by atoms with Gasteiger partial charge in [0.1, 0.15) is 5.82 Å². The zero-order chi connectivity index (χ0) is 16.7. The van der Waals surface area contributed by atoms with Crippen LogP contribution in [-0.4, -0.2) is 9.97 Å². The van der Waals surface area contributed by atoms with E-state index in [0.29, 0.717) is 28.2 Å². The van der Waals surface area contributed by atoms with Crippen LogP contribution in [0.2, 0.25) is 5.02 Å². The summed E-state index contributed by atoms with van der Waals surface area (Å²) in [5.74, 6) is 1.10. The molecule has 4 heteroatoms. The molecular weight excluding hydrogens is 323 g/mol. The Morgan fingerprint density at radius 1 is 1.08 bits per heavy atom. The van der Waals surface area contributed by atoms with Gasteiger partial charge in [-0.05, 0) is 42.7 Å². The zero-order valence-electron chi connectivity index (χ0n) is 13.5. The first kappa shape index (κ1) is 15.5. The first-order valence-corrected chi connectivity index (χ1v) is 8.73. The van der Waals surface area contributed by atoms with Crippen molar-refractivity contribution in [3.05, 3.63) is 59.0 Å². The predicted octanol–water partition coefficient (Wildman–Crippen LogP) is 5.99. The molecule has 0 bridgehead atoms. The zero-order valence-corrected chi connectivity index (χ0v) is 14.2. The van der Waals surface area contributed by atoms with Crippen LogP contribution in [0.4, 0.5) is 4.39 Å². The molecule has 2 nitrogen and oxygen atoms in total. The van der Waals surface area contributed by atoms with Gasteiger partial charge in [0.2, 0.25) is 0 Å². The van der Waals surface area contributed by atoms with E-state index in [1.165, 1.54) is 18.9 Å². The van der Waals surface area contributed by atoms with Gasteiger partial charge in [-0.1, -0.05) is 43.5 Å². The Kier molecular flexibility index (Phi) is 3.97. The number of hydrogen-bond donors (Lipinski definition) is 0. The Morgan fingerprint density at radius 3 is 2.67 bits per heavy atom. The van der Waals surface area contributed by atoms with Crippen molar-refractivity contribution in [2.45, 2.75) is 32.1 Å². The largest absolute Gasteiger partial charge is 0.232 e. The van der Waals surface area contributed by atoms with Gasteiger partial charge in [0.05, 0.1) is 16.8 Å². The summed E-state index contributed by atoms with van der Waals surface area (Å²) in [4.78, 5) is 9.39. The maximum atomic E-state index is 14.2. The highest BCUT2D eigenvalue weighted by atomic mass is 35.5. The van der Waals surface area contributed by atoms with Crippen molar-refractivity contribution < 1.29 is 4.39 Å². The van der Waals surface area contributed by atoms with E-state index in [0.717, 1.165) is 23.0 Å². The van der Waals surface area contributed by atoms with Gasteiger partial charge < -0.3 is 0 Å². The monoisotopic (exact) mass is 340 g/mol. The van der Waals surface area contributed by atoms with E-state index in [1.807, 2.05) is 24.3 Å². The van der Waals surface area contributed by atoms with Gasteiger partial charge in [-0.25, -0.2) is 14.4 Å². The fourth-order valence-corrected chi connectivity index (χ4v) is 3.89. The van der Waals surface area contributed by atoms with E-state index in [4.69, 9.17) is 16.6 Å². The van der Waals surface area contributed by atoms with Crippen LogP contribution in [0.25, 0.3) is 22.3 Å². The lowest BCUT2D eigenvalue weighted by Crippen LogP contribution is -2.08. The third-order valence-electron chi connectivity index (χ3n) is 5.01. The van der Waals surface area contributed by atoms with Gasteiger partial charge in [0, 0.05) is 16.3 Å². The molecule has 0 N–H and O–H groups in total. The molecule has 24 heavy (non-hydrogen) atoms. The second kappa shape index (κ2) is 6.14. The molecule has 0 radical (unpaired) electrons. The Balaban J connectivity index is 1.97. The summed E-state index contributed by atoms with van der Waals surface area (Å²) in [6.07, 6.45) is 3.51. The maximum Gasteiger partial charge on any atom is 0.163 e. The molecular formula is C20H18ClFN2. The fourth-order valence-electron chi connectivity index (χ4n) is 3.72. The normalized spacial score (nSPS) is 20.6. The minimum atomic E-state index is -0.295. The average molecular weight is 341 g/mol. The smallest absolute Gasteiger partial charge is 0.163 e. The molecule has 2 unspecified atom stereocenters. The molecule has 0 spiro atoms. The third kappa shape index (κ3) is 2.67. The van der Waals surface area contributed by atoms with E-state index in [9.17, 15) is 4.39 Å². The van der Waals surface area contributed by atoms with Gasteiger partial charge >= 0.3 is 0 Å². The quantitative estimate of drug-likeness (QED) is 0.572. The lowest BCUT2D eigenvalue weighted by Gasteiger charge is -2.18. The van der Waals surface area contributed by atoms with E-state index in [2.05, 4.69) is 11.9 Å². The van der Waals surface area contributed by atoms with Crippen LogP contribution in [0.3, 0.4) is 0 Å². The van der Waals surface area contributed by atoms with Crippen LogP contribution in [-0.2, 0) is 0 Å². The van der Waals surface area contributed by atoms with Crippen LogP contribution in [0, 0.1) is 11.7 Å². The van der Waals surface area contributed by atoms with Crippen LogP contribution < -0.4 is 0 Å². The van der Waals surface area contributed by atoms with Crippen molar-refractivity contribution in [1.82, 2.24) is 9.97 Å². The minimum Gasteiger partial charge on any atom is -0.232 e. The van der Waals surface area contributed by atoms with Crippen LogP contribution in [0.15, 0.2) is 42.5 Å². The highest BCUT2D eigenvalue weighted by Gasteiger charge is 2.28. The van der Waals surface area contributed by atoms with Crippen LogP contribution >= 0.6 is 11.6 Å². The third-order valence-corrected chi connectivity index (χ3v) is 5.25. The second-order valence-corrected chi connectivity index (χ2v) is 7.02. The summed E-state index contributed by atoms with van der Waals surface area (Å²) in [6, 6.07) is 12.3. The average Bonchev–Trinajstić information content (AvgIpc) is 3.00. The number of benzene rings is 2. The van der Waals surface area contributed by atoms with Crippen molar-refractivity contribution in [2.75, 3.05) is 0 Å². The second-order valence-electron chi connectivity index (χ2n) is 6.59. The molecule has 0 amide bonds. The Morgan fingerprint density at radius 2 is 1.92 bits per heavy atom. The summed E-state index contributed by atoms with van der Waals surface area (Å²) in [6.45, 7) is 2.26. The van der Waals surface area contributed by atoms with Crippen molar-refractivity contribution in [2.24, 2.45) is 5.92 Å². The van der Waals surface area contributed by atoms with Gasteiger partial charge in [-0.2, -0.15) is 0 Å². The van der Waals surface area contributed by atoms with E-state index in [-0.39, 0.29) is 5.82 Å². The SMILES string of the molecule is CC1CCCC1c1nc(-c2ccccc2F)nc2ccc(Cl)cc12. The van der Waals surface area contributed by atoms with Crippen molar-refractivity contribution in [1.29, 1.82) is 0 Å². The molecule has 1 aliphatic carbocycles. The molecule has 0 aliphatic heterocycles. The van der Waals surface area contributed by atoms with Gasteiger partial charge in [-0.3, -0.25) is 0 Å². The number of nitrogens with zero attached hydrogens (tertiary/aromatic N) is 2. The van der Waals surface area contributed by atoms with Crippen molar-refractivity contribution >= 4 is 22.5 Å². The Hall–Kier alpha value is -2.00. The highest BCUT2D eigenvalue weighted by molar-refractivity contribution is 6.31. The molecule has 2 atom stereocenters. The molecule has 2 aromatic carbocycles. The van der Waals surface area contributed by atoms with Crippen molar-refractivity contribution in [3.63, 3.8) is 0 Å². The Labute approximate surface area is 145 Å². The first-order chi connectivity index (χ1) is 11.6. The Bertz CT molecular complexity index is 909. The van der Waals surface area contributed by atoms with Crippen LogP contribution in [0.1, 0.15) is 37.8 Å². The molecule has 1 fully saturated rings. The molecule has 3 aromatic rings. The molecule has 1 aromatic heterocycles. The van der Waals surface area contributed by atoms with E-state index in [1.54, 1.807) is 12.1 Å². The molecule has 1 aliphatic rings. The summed E-state index contributed by atoms with van der Waals surface area (Å²) < 4.78 is 14.2. The van der Waals surface area contributed by atoms with Gasteiger partial charge in [0.25, 0.3) is 0 Å². The maximum absolute atomic E-state index is 14.2. The molecule has 0 saturated heterocycles. The van der Waals surface area contributed by atoms with Gasteiger partial charge in [-0.15, -0.1) is 0 Å². The fraction of sp³-hybridized carbons (Fsp3) is 0.300. The molecule has 1 heterocycles. The summed E-state index contributed by atoms with van der Waals surface area (Å²) >= 11 is 6.20. The van der Waals surface area contributed by atoms with E-state index >= 15 is 0 Å². The molecule has 4 rings (SSSR count). The minimum absolute atomic E-state index is 0.295. The lowest BCUT2D eigenvalue weighted by atomic mass is 9.91. The first-order valence-electron chi connectivity index (χ1n) is 8.35. The standard InChI is InChI=1S/C20H18ClFN2/c1-12-5-4-7-14(12)19-16-11-13(21)9-10-18(16)23-20(24-19)15-6-2-3-8-17(15)22/h2-3,6,8-12,14H,4-5,7H2,1H3. The molecule has 122 valence electrons. The lowest BCUT2D eigenvalue weighted by molar-refractivity contribution is 0.525. The highest BCUT2D eigenvalue weighted by Crippen LogP contribution is 2.41. The molecule has 1 saturated carbocycles. The predicted molar refractivity (Wildman–Crippen MR) is 95.7 cm³/mol. The summed E-state index contributed by atoms with van der Waals surface area (Å²) in [7, 11) is 0. The van der Waals surface area contributed by atoms with Crippen LogP contribution in [0.5, 0.6) is 0 Å². The number of hydrogen-bond acceptors (Lipinski definition) is 2. The number of fused-ring (bicyclic) bond motifs is 1. The number of halogens is 2.